The Morgan fingerprint density at radius 1 is 0.971 bits per heavy atom. The lowest BCUT2D eigenvalue weighted by atomic mass is 10.1. The Morgan fingerprint density at radius 3 is 2.50 bits per heavy atom. The van der Waals surface area contributed by atoms with Gasteiger partial charge in [0.15, 0.2) is 5.75 Å². The maximum absolute atomic E-state index is 13.1. The standard InChI is InChI=1S/C25H24ClN3O4S/c1-17-6-9-22-24(14-17)33-23-16-19(32-2)7-8-21(23)25(27-22)28-10-12-29(13-11-28)34(30,31)20-5-3-4-18(26)15-20/h3-9,14-16H,10-13H2,1-2H3. The van der Waals surface area contributed by atoms with Gasteiger partial charge in [0.05, 0.1) is 17.6 Å². The minimum atomic E-state index is -3.63. The van der Waals surface area contributed by atoms with Crippen molar-refractivity contribution in [2.75, 3.05) is 33.3 Å². The molecule has 0 aliphatic carbocycles. The molecule has 0 saturated carbocycles. The van der Waals surface area contributed by atoms with Crippen LogP contribution in [0.15, 0.2) is 70.6 Å². The molecule has 0 amide bonds. The molecule has 0 atom stereocenters. The quantitative estimate of drug-likeness (QED) is 0.517. The zero-order valence-corrected chi connectivity index (χ0v) is 20.4. The van der Waals surface area contributed by atoms with Crippen molar-refractivity contribution in [2.45, 2.75) is 11.8 Å². The Hall–Kier alpha value is -3.07. The molecule has 2 heterocycles. The van der Waals surface area contributed by atoms with Crippen LogP contribution < -0.4 is 9.47 Å². The molecule has 0 spiro atoms. The molecule has 0 radical (unpaired) electrons. The van der Waals surface area contributed by atoms with E-state index in [-0.39, 0.29) is 4.90 Å². The molecule has 0 bridgehead atoms. The molecular weight excluding hydrogens is 474 g/mol. The number of piperazine rings is 1. The van der Waals surface area contributed by atoms with Gasteiger partial charge in [0.2, 0.25) is 10.0 Å². The lowest BCUT2D eigenvalue weighted by Gasteiger charge is -2.36. The van der Waals surface area contributed by atoms with Crippen LogP contribution >= 0.6 is 11.6 Å². The fraction of sp³-hybridized carbons (Fsp3) is 0.240. The average molecular weight is 498 g/mol. The van der Waals surface area contributed by atoms with Crippen LogP contribution in [0.1, 0.15) is 11.1 Å². The molecule has 2 aliphatic heterocycles. The summed E-state index contributed by atoms with van der Waals surface area (Å²) in [6, 6.07) is 17.9. The van der Waals surface area contributed by atoms with Gasteiger partial charge in [-0.05, 0) is 55.0 Å². The number of methoxy groups -OCH3 is 1. The lowest BCUT2D eigenvalue weighted by molar-refractivity contribution is 0.266. The van der Waals surface area contributed by atoms with Crippen LogP contribution in [0.4, 0.5) is 5.69 Å². The topological polar surface area (TPSA) is 71.4 Å². The number of rotatable bonds is 3. The monoisotopic (exact) mass is 497 g/mol. The zero-order valence-electron chi connectivity index (χ0n) is 18.9. The van der Waals surface area contributed by atoms with Crippen LogP contribution in [0.2, 0.25) is 5.02 Å². The molecule has 0 unspecified atom stereocenters. The van der Waals surface area contributed by atoms with E-state index in [1.54, 1.807) is 25.3 Å². The molecule has 2 aliphatic rings. The van der Waals surface area contributed by atoms with E-state index in [0.29, 0.717) is 48.5 Å². The molecule has 1 saturated heterocycles. The third-order valence-corrected chi connectivity index (χ3v) is 8.09. The van der Waals surface area contributed by atoms with E-state index in [0.717, 1.165) is 22.6 Å². The van der Waals surface area contributed by atoms with Crippen molar-refractivity contribution >= 4 is 33.1 Å². The SMILES string of the molecule is COc1ccc2c(c1)Oc1cc(C)ccc1N=C2N1CCN(S(=O)(=O)c2cccc(Cl)c2)CC1. The van der Waals surface area contributed by atoms with Crippen molar-refractivity contribution in [2.24, 2.45) is 4.99 Å². The summed E-state index contributed by atoms with van der Waals surface area (Å²) in [6.45, 7) is 3.66. The van der Waals surface area contributed by atoms with E-state index in [9.17, 15) is 8.42 Å². The van der Waals surface area contributed by atoms with Crippen molar-refractivity contribution in [1.82, 2.24) is 9.21 Å². The van der Waals surface area contributed by atoms with Crippen molar-refractivity contribution in [3.63, 3.8) is 0 Å². The first-order chi connectivity index (χ1) is 16.3. The van der Waals surface area contributed by atoms with Gasteiger partial charge in [0, 0.05) is 37.3 Å². The average Bonchev–Trinajstić information content (AvgIpc) is 2.99. The van der Waals surface area contributed by atoms with Crippen LogP contribution in [-0.4, -0.2) is 56.7 Å². The Morgan fingerprint density at radius 2 is 1.76 bits per heavy atom. The molecule has 5 rings (SSSR count). The first-order valence-corrected chi connectivity index (χ1v) is 12.7. The van der Waals surface area contributed by atoms with Gasteiger partial charge in [-0.15, -0.1) is 0 Å². The number of amidine groups is 1. The van der Waals surface area contributed by atoms with Gasteiger partial charge >= 0.3 is 0 Å². The summed E-state index contributed by atoms with van der Waals surface area (Å²) in [7, 11) is -2.01. The highest BCUT2D eigenvalue weighted by atomic mass is 35.5. The predicted molar refractivity (Wildman–Crippen MR) is 132 cm³/mol. The predicted octanol–water partition coefficient (Wildman–Crippen LogP) is 4.85. The zero-order chi connectivity index (χ0) is 23.9. The normalized spacial score (nSPS) is 16.1. The molecule has 3 aromatic carbocycles. The smallest absolute Gasteiger partial charge is 0.243 e. The van der Waals surface area contributed by atoms with Crippen LogP contribution in [-0.2, 0) is 10.0 Å². The summed E-state index contributed by atoms with van der Waals surface area (Å²) in [4.78, 5) is 7.26. The second kappa shape index (κ2) is 8.94. The highest BCUT2D eigenvalue weighted by Crippen LogP contribution is 2.40. The number of fused-ring (bicyclic) bond motifs is 2. The molecule has 7 nitrogen and oxygen atoms in total. The number of aliphatic imine (C=N–C) groups is 1. The number of halogens is 1. The molecule has 34 heavy (non-hydrogen) atoms. The van der Waals surface area contributed by atoms with E-state index in [1.165, 1.54) is 10.4 Å². The summed E-state index contributed by atoms with van der Waals surface area (Å²) < 4.78 is 39.4. The molecule has 1 fully saturated rings. The van der Waals surface area contributed by atoms with Crippen molar-refractivity contribution in [1.29, 1.82) is 0 Å². The third kappa shape index (κ3) is 4.24. The van der Waals surface area contributed by atoms with E-state index in [1.807, 2.05) is 43.3 Å². The summed E-state index contributed by atoms with van der Waals surface area (Å²) >= 11 is 6.02. The summed E-state index contributed by atoms with van der Waals surface area (Å²) in [5.41, 5.74) is 2.63. The van der Waals surface area contributed by atoms with Crippen LogP contribution in [0.5, 0.6) is 17.2 Å². The van der Waals surface area contributed by atoms with Gasteiger partial charge < -0.3 is 14.4 Å². The van der Waals surface area contributed by atoms with Crippen molar-refractivity contribution < 1.29 is 17.9 Å². The fourth-order valence-corrected chi connectivity index (χ4v) is 5.87. The van der Waals surface area contributed by atoms with Gasteiger partial charge in [0.25, 0.3) is 0 Å². The summed E-state index contributed by atoms with van der Waals surface area (Å²) in [5.74, 6) is 2.76. The Balaban J connectivity index is 1.46. The van der Waals surface area contributed by atoms with Crippen LogP contribution in [0.3, 0.4) is 0 Å². The van der Waals surface area contributed by atoms with Crippen LogP contribution in [0, 0.1) is 6.92 Å². The van der Waals surface area contributed by atoms with Crippen molar-refractivity contribution in [3.8, 4) is 17.2 Å². The molecular formula is C25H24ClN3O4S. The first-order valence-electron chi connectivity index (χ1n) is 10.9. The van der Waals surface area contributed by atoms with E-state index in [2.05, 4.69) is 4.90 Å². The van der Waals surface area contributed by atoms with Gasteiger partial charge in [-0.1, -0.05) is 23.7 Å². The molecule has 176 valence electrons. The minimum Gasteiger partial charge on any atom is -0.497 e. The van der Waals surface area contributed by atoms with Gasteiger partial charge in [0.1, 0.15) is 23.0 Å². The highest BCUT2D eigenvalue weighted by molar-refractivity contribution is 7.89. The molecule has 9 heteroatoms. The number of benzene rings is 3. The van der Waals surface area contributed by atoms with E-state index in [4.69, 9.17) is 26.1 Å². The van der Waals surface area contributed by atoms with E-state index < -0.39 is 10.0 Å². The fourth-order valence-electron chi connectivity index (χ4n) is 4.14. The largest absolute Gasteiger partial charge is 0.497 e. The number of ether oxygens (including phenoxy) is 2. The maximum atomic E-state index is 13.1. The number of aryl methyl sites for hydroxylation is 1. The highest BCUT2D eigenvalue weighted by Gasteiger charge is 2.31. The number of nitrogens with zero attached hydrogens (tertiary/aromatic N) is 3. The Labute approximate surface area is 204 Å². The van der Waals surface area contributed by atoms with Crippen molar-refractivity contribution in [3.05, 3.63) is 76.8 Å². The lowest BCUT2D eigenvalue weighted by Crippen LogP contribution is -2.50. The van der Waals surface area contributed by atoms with Gasteiger partial charge in [-0.3, -0.25) is 0 Å². The number of hydrogen-bond acceptors (Lipinski definition) is 6. The molecule has 3 aromatic rings. The first kappa shape index (κ1) is 22.7. The second-order valence-corrected chi connectivity index (χ2v) is 10.6. The van der Waals surface area contributed by atoms with Gasteiger partial charge in [-0.2, -0.15) is 4.31 Å². The second-order valence-electron chi connectivity index (χ2n) is 8.22. The molecule has 0 aromatic heterocycles. The maximum Gasteiger partial charge on any atom is 0.243 e. The summed E-state index contributed by atoms with van der Waals surface area (Å²) in [5, 5.41) is 0.397. The Bertz CT molecular complexity index is 1380. The summed E-state index contributed by atoms with van der Waals surface area (Å²) in [6.07, 6.45) is 0. The number of hydrogen-bond donors (Lipinski definition) is 0. The van der Waals surface area contributed by atoms with Crippen LogP contribution in [0.25, 0.3) is 0 Å². The minimum absolute atomic E-state index is 0.204. The Kier molecular flexibility index (Phi) is 5.97. The third-order valence-electron chi connectivity index (χ3n) is 5.96. The number of sulfonamides is 1. The van der Waals surface area contributed by atoms with E-state index >= 15 is 0 Å². The molecule has 0 N–H and O–H groups in total. The van der Waals surface area contributed by atoms with Gasteiger partial charge in [-0.25, -0.2) is 13.4 Å².